The molecule has 0 aliphatic rings. The highest BCUT2D eigenvalue weighted by atomic mass is 16.1. The fourth-order valence-corrected chi connectivity index (χ4v) is 1.67. The van der Waals surface area contributed by atoms with Crippen molar-refractivity contribution in [2.75, 3.05) is 0 Å². The zero-order valence-corrected chi connectivity index (χ0v) is 9.10. The van der Waals surface area contributed by atoms with Crippen molar-refractivity contribution >= 4 is 5.52 Å². The van der Waals surface area contributed by atoms with E-state index in [0.717, 1.165) is 25.2 Å². The highest BCUT2D eigenvalue weighted by Crippen LogP contribution is 2.01. The second kappa shape index (κ2) is 3.88. The van der Waals surface area contributed by atoms with Gasteiger partial charge < -0.3 is 4.57 Å². The van der Waals surface area contributed by atoms with E-state index in [2.05, 4.69) is 11.9 Å². The average Bonchev–Trinajstić information content (AvgIpc) is 2.61. The maximum absolute atomic E-state index is 11.9. The lowest BCUT2D eigenvalue weighted by atomic mass is 10.3. The van der Waals surface area contributed by atoms with Gasteiger partial charge in [0.2, 0.25) is 0 Å². The fourth-order valence-electron chi connectivity index (χ4n) is 1.67. The molecule has 4 heteroatoms. The van der Waals surface area contributed by atoms with Crippen LogP contribution in [0.5, 0.6) is 0 Å². The number of nitrogens with zero attached hydrogens (tertiary/aromatic N) is 3. The molecule has 0 aliphatic carbocycles. The van der Waals surface area contributed by atoms with E-state index in [1.54, 1.807) is 10.8 Å². The maximum Gasteiger partial charge on any atom is 0.276 e. The van der Waals surface area contributed by atoms with Gasteiger partial charge in [0.1, 0.15) is 11.3 Å². The van der Waals surface area contributed by atoms with Crippen LogP contribution in [-0.4, -0.2) is 14.0 Å². The van der Waals surface area contributed by atoms with Crippen LogP contribution in [0, 0.1) is 6.92 Å². The summed E-state index contributed by atoms with van der Waals surface area (Å²) in [6.07, 6.45) is 7.49. The van der Waals surface area contributed by atoms with Gasteiger partial charge in [-0.2, -0.15) is 0 Å². The molecule has 2 aromatic rings. The first-order valence-electron chi connectivity index (χ1n) is 5.27. The predicted molar refractivity (Wildman–Crippen MR) is 59.1 cm³/mol. The highest BCUT2D eigenvalue weighted by Gasteiger charge is 2.04. The van der Waals surface area contributed by atoms with Gasteiger partial charge in [-0.05, 0) is 13.3 Å². The van der Waals surface area contributed by atoms with E-state index in [4.69, 9.17) is 0 Å². The zero-order chi connectivity index (χ0) is 10.8. The SMILES string of the molecule is CCCCn1ccn2c(C)ncc2c1=O. The molecular formula is C11H15N3O. The predicted octanol–water partition coefficient (Wildman–Crippen LogP) is 1.60. The third kappa shape index (κ3) is 1.67. The quantitative estimate of drug-likeness (QED) is 0.763. The fraction of sp³-hybridized carbons (Fsp3) is 0.455. The van der Waals surface area contributed by atoms with Gasteiger partial charge in [-0.25, -0.2) is 4.98 Å². The van der Waals surface area contributed by atoms with Crippen molar-refractivity contribution in [1.82, 2.24) is 14.0 Å². The van der Waals surface area contributed by atoms with E-state index in [9.17, 15) is 4.79 Å². The Hall–Kier alpha value is -1.58. The molecule has 0 unspecified atom stereocenters. The first-order valence-corrected chi connectivity index (χ1v) is 5.27. The summed E-state index contributed by atoms with van der Waals surface area (Å²) in [4.78, 5) is 16.1. The molecule has 0 fully saturated rings. The molecule has 2 rings (SSSR count). The van der Waals surface area contributed by atoms with E-state index in [1.165, 1.54) is 0 Å². The second-order valence-corrected chi connectivity index (χ2v) is 3.71. The molecule has 0 N–H and O–H groups in total. The summed E-state index contributed by atoms with van der Waals surface area (Å²) < 4.78 is 3.57. The van der Waals surface area contributed by atoms with Gasteiger partial charge in [-0.15, -0.1) is 0 Å². The molecule has 2 aromatic heterocycles. The van der Waals surface area contributed by atoms with Crippen molar-refractivity contribution in [3.05, 3.63) is 34.8 Å². The number of aryl methyl sites for hydroxylation is 2. The molecule has 0 atom stereocenters. The molecule has 80 valence electrons. The van der Waals surface area contributed by atoms with Gasteiger partial charge in [0.25, 0.3) is 5.56 Å². The Kier molecular flexibility index (Phi) is 2.58. The van der Waals surface area contributed by atoms with Crippen molar-refractivity contribution in [2.45, 2.75) is 33.2 Å². The molecule has 0 saturated carbocycles. The summed E-state index contributed by atoms with van der Waals surface area (Å²) in [6, 6.07) is 0. The topological polar surface area (TPSA) is 39.3 Å². The van der Waals surface area contributed by atoms with Crippen LogP contribution in [0.4, 0.5) is 0 Å². The normalized spacial score (nSPS) is 11.1. The van der Waals surface area contributed by atoms with Crippen LogP contribution >= 0.6 is 0 Å². The van der Waals surface area contributed by atoms with Crippen molar-refractivity contribution in [3.8, 4) is 0 Å². The third-order valence-corrected chi connectivity index (χ3v) is 2.61. The van der Waals surface area contributed by atoms with Crippen molar-refractivity contribution < 1.29 is 0 Å². The Morgan fingerprint density at radius 3 is 2.93 bits per heavy atom. The summed E-state index contributed by atoms with van der Waals surface area (Å²) >= 11 is 0. The Morgan fingerprint density at radius 2 is 2.20 bits per heavy atom. The first kappa shape index (κ1) is 9.96. The summed E-state index contributed by atoms with van der Waals surface area (Å²) in [5.41, 5.74) is 0.706. The Labute approximate surface area is 88.2 Å². The summed E-state index contributed by atoms with van der Waals surface area (Å²) in [5.74, 6) is 0.852. The molecule has 4 nitrogen and oxygen atoms in total. The largest absolute Gasteiger partial charge is 0.312 e. The van der Waals surface area contributed by atoms with Crippen molar-refractivity contribution in [3.63, 3.8) is 0 Å². The summed E-state index contributed by atoms with van der Waals surface area (Å²) in [6.45, 7) is 4.80. The molecular weight excluding hydrogens is 190 g/mol. The van der Waals surface area contributed by atoms with E-state index < -0.39 is 0 Å². The average molecular weight is 205 g/mol. The van der Waals surface area contributed by atoms with Crippen LogP contribution in [0.1, 0.15) is 25.6 Å². The standard InChI is InChI=1S/C11H15N3O/c1-3-4-5-13-6-7-14-9(2)12-8-10(14)11(13)15/h6-8H,3-5H2,1-2H3. The Balaban J connectivity index is 2.51. The molecule has 0 radical (unpaired) electrons. The van der Waals surface area contributed by atoms with E-state index >= 15 is 0 Å². The molecule has 0 saturated heterocycles. The minimum atomic E-state index is 0.0477. The lowest BCUT2D eigenvalue weighted by Gasteiger charge is -2.05. The zero-order valence-electron chi connectivity index (χ0n) is 9.10. The molecule has 15 heavy (non-hydrogen) atoms. The molecule has 0 spiro atoms. The smallest absolute Gasteiger partial charge is 0.276 e. The first-order chi connectivity index (χ1) is 7.24. The number of fused-ring (bicyclic) bond motifs is 1. The number of rotatable bonds is 3. The Morgan fingerprint density at radius 1 is 1.40 bits per heavy atom. The number of hydrogen-bond donors (Lipinski definition) is 0. The van der Waals surface area contributed by atoms with Gasteiger partial charge in [-0.3, -0.25) is 9.20 Å². The minimum Gasteiger partial charge on any atom is -0.312 e. The van der Waals surface area contributed by atoms with E-state index in [1.807, 2.05) is 23.7 Å². The maximum atomic E-state index is 11.9. The van der Waals surface area contributed by atoms with Gasteiger partial charge in [0, 0.05) is 18.9 Å². The van der Waals surface area contributed by atoms with Gasteiger partial charge in [0.15, 0.2) is 0 Å². The van der Waals surface area contributed by atoms with Crippen LogP contribution < -0.4 is 5.56 Å². The van der Waals surface area contributed by atoms with E-state index in [0.29, 0.717) is 5.52 Å². The molecule has 2 heterocycles. The van der Waals surface area contributed by atoms with Crippen molar-refractivity contribution in [1.29, 1.82) is 0 Å². The highest BCUT2D eigenvalue weighted by molar-refractivity contribution is 5.43. The monoisotopic (exact) mass is 205 g/mol. The van der Waals surface area contributed by atoms with Gasteiger partial charge in [-0.1, -0.05) is 13.3 Å². The summed E-state index contributed by atoms with van der Waals surface area (Å²) in [5, 5.41) is 0. The lowest BCUT2D eigenvalue weighted by Crippen LogP contribution is -2.21. The van der Waals surface area contributed by atoms with Crippen molar-refractivity contribution in [2.24, 2.45) is 0 Å². The summed E-state index contributed by atoms with van der Waals surface area (Å²) in [7, 11) is 0. The number of unbranched alkanes of at least 4 members (excludes halogenated alkanes) is 1. The Bertz CT molecular complexity index is 524. The second-order valence-electron chi connectivity index (χ2n) is 3.71. The molecule has 0 aliphatic heterocycles. The van der Waals surface area contributed by atoms with Gasteiger partial charge >= 0.3 is 0 Å². The van der Waals surface area contributed by atoms with Crippen LogP contribution in [0.2, 0.25) is 0 Å². The minimum absolute atomic E-state index is 0.0477. The van der Waals surface area contributed by atoms with Crippen LogP contribution in [0.25, 0.3) is 5.52 Å². The third-order valence-electron chi connectivity index (χ3n) is 2.61. The molecule has 0 bridgehead atoms. The van der Waals surface area contributed by atoms with Crippen LogP contribution in [0.15, 0.2) is 23.4 Å². The molecule has 0 amide bonds. The van der Waals surface area contributed by atoms with Gasteiger partial charge in [0.05, 0.1) is 6.20 Å². The number of imidazole rings is 1. The van der Waals surface area contributed by atoms with Crippen LogP contribution in [0.3, 0.4) is 0 Å². The molecule has 0 aromatic carbocycles. The number of hydrogen-bond acceptors (Lipinski definition) is 2. The van der Waals surface area contributed by atoms with Crippen LogP contribution in [-0.2, 0) is 6.54 Å². The number of aromatic nitrogens is 3. The lowest BCUT2D eigenvalue weighted by molar-refractivity contribution is 0.611. The van der Waals surface area contributed by atoms with E-state index in [-0.39, 0.29) is 5.56 Å².